The number of nitrogens with one attached hydrogen (secondary N) is 2. The summed E-state index contributed by atoms with van der Waals surface area (Å²) >= 11 is 1.01. The van der Waals surface area contributed by atoms with Gasteiger partial charge in [0, 0.05) is 12.6 Å². The Kier molecular flexibility index (Phi) is 6.09. The standard InChI is InChI=1S/C18H17N3O4S/c1-4-25-18(24)13-10(2)14(16(23)20-3)26-17(13)21-15(22)12-7-5-11(9-19)6-8-12/h5-8H,4H2,1-3H3,(H,20,23)(H,21,22). The summed E-state index contributed by atoms with van der Waals surface area (Å²) in [5.74, 6) is -1.41. The van der Waals surface area contributed by atoms with Gasteiger partial charge >= 0.3 is 5.97 Å². The van der Waals surface area contributed by atoms with Gasteiger partial charge in [0.15, 0.2) is 0 Å². The molecular formula is C18H17N3O4S. The maximum Gasteiger partial charge on any atom is 0.341 e. The van der Waals surface area contributed by atoms with Crippen molar-refractivity contribution < 1.29 is 19.1 Å². The first-order valence-electron chi connectivity index (χ1n) is 7.77. The molecule has 1 heterocycles. The molecule has 2 rings (SSSR count). The monoisotopic (exact) mass is 371 g/mol. The Labute approximate surface area is 154 Å². The predicted molar refractivity (Wildman–Crippen MR) is 97.5 cm³/mol. The zero-order valence-corrected chi connectivity index (χ0v) is 15.3. The number of hydrogen-bond donors (Lipinski definition) is 2. The number of nitrogens with zero attached hydrogens (tertiary/aromatic N) is 1. The molecule has 1 aromatic heterocycles. The van der Waals surface area contributed by atoms with Gasteiger partial charge in [-0.25, -0.2) is 4.79 Å². The highest BCUT2D eigenvalue weighted by Crippen LogP contribution is 2.34. The van der Waals surface area contributed by atoms with E-state index in [0.29, 0.717) is 21.6 Å². The van der Waals surface area contributed by atoms with Gasteiger partial charge in [0.2, 0.25) is 0 Å². The van der Waals surface area contributed by atoms with Crippen LogP contribution in [-0.2, 0) is 4.74 Å². The number of thiophene rings is 1. The molecule has 0 atom stereocenters. The fourth-order valence-electron chi connectivity index (χ4n) is 2.25. The summed E-state index contributed by atoms with van der Waals surface area (Å²) in [5.41, 5.74) is 1.37. The van der Waals surface area contributed by atoms with Gasteiger partial charge in [-0.3, -0.25) is 9.59 Å². The van der Waals surface area contributed by atoms with Crippen LogP contribution in [0.3, 0.4) is 0 Å². The smallest absolute Gasteiger partial charge is 0.341 e. The Morgan fingerprint density at radius 3 is 2.38 bits per heavy atom. The van der Waals surface area contributed by atoms with Gasteiger partial charge in [0.1, 0.15) is 5.00 Å². The van der Waals surface area contributed by atoms with E-state index >= 15 is 0 Å². The topological polar surface area (TPSA) is 108 Å². The van der Waals surface area contributed by atoms with Crippen molar-refractivity contribution in [2.45, 2.75) is 13.8 Å². The fourth-order valence-corrected chi connectivity index (χ4v) is 3.39. The largest absolute Gasteiger partial charge is 0.462 e. The van der Waals surface area contributed by atoms with Crippen LogP contribution in [0.1, 0.15) is 48.4 Å². The van der Waals surface area contributed by atoms with Crippen molar-refractivity contribution in [2.75, 3.05) is 19.0 Å². The first kappa shape index (κ1) is 19.1. The van der Waals surface area contributed by atoms with Crippen molar-refractivity contribution >= 4 is 34.1 Å². The fraction of sp³-hybridized carbons (Fsp3) is 0.222. The number of rotatable bonds is 5. The molecule has 0 aliphatic carbocycles. The van der Waals surface area contributed by atoms with Crippen LogP contribution >= 0.6 is 11.3 Å². The molecular weight excluding hydrogens is 354 g/mol. The lowest BCUT2D eigenvalue weighted by Gasteiger charge is -2.07. The summed E-state index contributed by atoms with van der Waals surface area (Å²) in [5, 5.41) is 14.2. The van der Waals surface area contributed by atoms with Crippen molar-refractivity contribution in [1.29, 1.82) is 5.26 Å². The highest BCUT2D eigenvalue weighted by molar-refractivity contribution is 7.18. The summed E-state index contributed by atoms with van der Waals surface area (Å²) in [6, 6.07) is 8.05. The Bertz CT molecular complexity index is 894. The molecule has 2 aromatic rings. The van der Waals surface area contributed by atoms with Crippen molar-refractivity contribution in [3.05, 3.63) is 51.4 Å². The number of benzene rings is 1. The average molecular weight is 371 g/mol. The zero-order valence-electron chi connectivity index (χ0n) is 14.5. The van der Waals surface area contributed by atoms with E-state index in [4.69, 9.17) is 10.00 Å². The molecule has 2 amide bonds. The minimum Gasteiger partial charge on any atom is -0.462 e. The van der Waals surface area contributed by atoms with Gasteiger partial charge in [-0.15, -0.1) is 11.3 Å². The second-order valence-electron chi connectivity index (χ2n) is 5.20. The van der Waals surface area contributed by atoms with E-state index in [1.54, 1.807) is 13.8 Å². The van der Waals surface area contributed by atoms with Crippen molar-refractivity contribution in [2.24, 2.45) is 0 Å². The predicted octanol–water partition coefficient (Wildman–Crippen LogP) is 2.72. The molecule has 2 N–H and O–H groups in total. The summed E-state index contributed by atoms with van der Waals surface area (Å²) in [7, 11) is 1.49. The van der Waals surface area contributed by atoms with Crippen LogP contribution in [0.5, 0.6) is 0 Å². The van der Waals surface area contributed by atoms with E-state index in [1.165, 1.54) is 31.3 Å². The highest BCUT2D eigenvalue weighted by Gasteiger charge is 2.26. The molecule has 0 aliphatic heterocycles. The van der Waals surface area contributed by atoms with Crippen molar-refractivity contribution in [3.8, 4) is 6.07 Å². The van der Waals surface area contributed by atoms with Gasteiger partial charge in [0.25, 0.3) is 11.8 Å². The second kappa shape index (κ2) is 8.27. The van der Waals surface area contributed by atoms with Gasteiger partial charge in [-0.1, -0.05) is 0 Å². The third-order valence-corrected chi connectivity index (χ3v) is 4.77. The molecule has 0 bridgehead atoms. The molecule has 0 unspecified atom stereocenters. The van der Waals surface area contributed by atoms with E-state index in [9.17, 15) is 14.4 Å². The number of carbonyl (C=O) groups excluding carboxylic acids is 3. The summed E-state index contributed by atoms with van der Waals surface area (Å²) in [6.45, 7) is 3.48. The van der Waals surface area contributed by atoms with E-state index in [1.807, 2.05) is 6.07 Å². The van der Waals surface area contributed by atoms with Gasteiger partial charge in [-0.2, -0.15) is 5.26 Å². The quantitative estimate of drug-likeness (QED) is 0.786. The molecule has 7 nitrogen and oxygen atoms in total. The summed E-state index contributed by atoms with van der Waals surface area (Å²) in [4.78, 5) is 37.1. The maximum absolute atomic E-state index is 12.5. The number of nitriles is 1. The molecule has 0 aliphatic rings. The average Bonchev–Trinajstić information content (AvgIpc) is 2.97. The minimum atomic E-state index is -0.605. The van der Waals surface area contributed by atoms with Crippen LogP contribution in [0, 0.1) is 18.3 Å². The number of carbonyl (C=O) groups is 3. The van der Waals surface area contributed by atoms with Gasteiger partial charge in [-0.05, 0) is 43.7 Å². The molecule has 1 aromatic carbocycles. The maximum atomic E-state index is 12.5. The number of esters is 1. The van der Waals surface area contributed by atoms with Crippen LogP contribution in [-0.4, -0.2) is 31.4 Å². The summed E-state index contributed by atoms with van der Waals surface area (Å²) in [6.07, 6.45) is 0. The number of amides is 2. The molecule has 8 heteroatoms. The molecule has 26 heavy (non-hydrogen) atoms. The molecule has 0 saturated heterocycles. The molecule has 0 fully saturated rings. The van der Waals surface area contributed by atoms with Crippen LogP contribution in [0.25, 0.3) is 0 Å². The first-order chi connectivity index (χ1) is 12.4. The third-order valence-electron chi connectivity index (χ3n) is 3.56. The molecule has 0 spiro atoms. The van der Waals surface area contributed by atoms with Crippen molar-refractivity contribution in [3.63, 3.8) is 0 Å². The van der Waals surface area contributed by atoms with E-state index in [0.717, 1.165) is 11.3 Å². The lowest BCUT2D eigenvalue weighted by atomic mass is 10.1. The first-order valence-corrected chi connectivity index (χ1v) is 8.58. The third kappa shape index (κ3) is 3.90. The SMILES string of the molecule is CCOC(=O)c1c(NC(=O)c2ccc(C#N)cc2)sc(C(=O)NC)c1C. The lowest BCUT2D eigenvalue weighted by Crippen LogP contribution is -2.18. The van der Waals surface area contributed by atoms with E-state index in [2.05, 4.69) is 10.6 Å². The molecule has 134 valence electrons. The van der Waals surface area contributed by atoms with E-state index in [-0.39, 0.29) is 23.1 Å². The van der Waals surface area contributed by atoms with Crippen molar-refractivity contribution in [1.82, 2.24) is 5.32 Å². The summed E-state index contributed by atoms with van der Waals surface area (Å²) < 4.78 is 5.04. The lowest BCUT2D eigenvalue weighted by molar-refractivity contribution is 0.0527. The second-order valence-corrected chi connectivity index (χ2v) is 6.22. The normalized spacial score (nSPS) is 9.92. The van der Waals surface area contributed by atoms with Gasteiger partial charge in [0.05, 0.1) is 28.7 Å². The zero-order chi connectivity index (χ0) is 19.3. The molecule has 0 saturated carbocycles. The Balaban J connectivity index is 2.40. The number of anilines is 1. The number of ether oxygens (including phenoxy) is 1. The Morgan fingerprint density at radius 2 is 1.85 bits per heavy atom. The van der Waals surface area contributed by atoms with Crippen LogP contribution in [0.4, 0.5) is 5.00 Å². The van der Waals surface area contributed by atoms with Crippen LogP contribution in [0.2, 0.25) is 0 Å². The van der Waals surface area contributed by atoms with Gasteiger partial charge < -0.3 is 15.4 Å². The van der Waals surface area contributed by atoms with Crippen LogP contribution in [0.15, 0.2) is 24.3 Å². The Hall–Kier alpha value is -3.18. The Morgan fingerprint density at radius 1 is 1.19 bits per heavy atom. The molecule has 0 radical (unpaired) electrons. The van der Waals surface area contributed by atoms with Crippen LogP contribution < -0.4 is 10.6 Å². The highest BCUT2D eigenvalue weighted by atomic mass is 32.1. The minimum absolute atomic E-state index is 0.164. The number of hydrogen-bond acceptors (Lipinski definition) is 6. The van der Waals surface area contributed by atoms with E-state index < -0.39 is 11.9 Å².